The number of aromatic nitrogens is 1. The molecule has 2 aromatic rings. The first-order chi connectivity index (χ1) is 17.1. The van der Waals surface area contributed by atoms with Crippen LogP contribution in [0.4, 0.5) is 13.2 Å². The summed E-state index contributed by atoms with van der Waals surface area (Å²) in [7, 11) is 0. The predicted octanol–water partition coefficient (Wildman–Crippen LogP) is 3.55. The zero-order valence-corrected chi connectivity index (χ0v) is 21.8. The first kappa shape index (κ1) is 26.9. The maximum absolute atomic E-state index is 13.6. The molecule has 12 heteroatoms. The third-order valence-electron chi connectivity index (χ3n) is 7.51. The molecule has 1 aromatic heterocycles. The highest BCUT2D eigenvalue weighted by atomic mass is 32.1. The minimum absolute atomic E-state index is 0.0296. The Balaban J connectivity index is 1.60. The van der Waals surface area contributed by atoms with Crippen LogP contribution in [0, 0.1) is 34.0 Å². The highest BCUT2D eigenvalue weighted by molar-refractivity contribution is 7.16. The number of amides is 3. The number of nitrogens with zero attached hydrogens (tertiary/aromatic N) is 3. The van der Waals surface area contributed by atoms with Gasteiger partial charge >= 0.3 is 12.1 Å². The topological polar surface area (TPSA) is 115 Å². The van der Waals surface area contributed by atoms with Gasteiger partial charge in [0, 0.05) is 6.54 Å². The zero-order chi connectivity index (χ0) is 27.5. The Kier molecular flexibility index (Phi) is 6.51. The molecule has 8 nitrogen and oxygen atoms in total. The molecule has 3 amide bonds. The number of carbonyl (C=O) groups is 3. The van der Waals surface area contributed by atoms with Gasteiger partial charge in [0.25, 0.3) is 0 Å². The van der Waals surface area contributed by atoms with Crippen LogP contribution in [0.2, 0.25) is 0 Å². The summed E-state index contributed by atoms with van der Waals surface area (Å²) in [6.45, 7) is 8.74. The number of carbonyl (C=O) groups excluding carboxylic acids is 3. The lowest BCUT2D eigenvalue weighted by atomic mass is 9.85. The van der Waals surface area contributed by atoms with Crippen LogP contribution in [-0.4, -0.2) is 52.4 Å². The molecule has 1 aromatic carbocycles. The largest absolute Gasteiger partial charge is 0.471 e. The standard InChI is InChI=1S/C25H28F3N5O3S/c1-23(2,3)19(32-22(36)25(26,27)28)21(35)33-10-13-17(24(13,4)5)18(33)20(34)31-15(9-29)12-6-7-16-14(8-12)30-11-37-16/h6-8,11,13,15,17-19H,10H2,1-5H3,(H,31,34)(H,32,36)/t13-,15?,17-,18-,19+/m0/s1. The number of halogens is 3. The van der Waals surface area contributed by atoms with Crippen molar-refractivity contribution >= 4 is 39.3 Å². The third-order valence-corrected chi connectivity index (χ3v) is 8.32. The van der Waals surface area contributed by atoms with Crippen molar-refractivity contribution in [2.45, 2.75) is 58.9 Å². The van der Waals surface area contributed by atoms with Gasteiger partial charge in [-0.15, -0.1) is 11.3 Å². The van der Waals surface area contributed by atoms with E-state index in [2.05, 4.69) is 16.4 Å². The minimum Gasteiger partial charge on any atom is -0.336 e. The van der Waals surface area contributed by atoms with Crippen LogP contribution >= 0.6 is 11.3 Å². The molecule has 198 valence electrons. The van der Waals surface area contributed by atoms with Crippen molar-refractivity contribution in [3.63, 3.8) is 0 Å². The van der Waals surface area contributed by atoms with Crippen molar-refractivity contribution in [1.82, 2.24) is 20.5 Å². The van der Waals surface area contributed by atoms with Gasteiger partial charge in [-0.1, -0.05) is 40.7 Å². The van der Waals surface area contributed by atoms with Crippen LogP contribution < -0.4 is 10.6 Å². The smallest absolute Gasteiger partial charge is 0.336 e. The molecule has 2 N–H and O–H groups in total. The number of hydrogen-bond acceptors (Lipinski definition) is 6. The molecule has 2 heterocycles. The SMILES string of the molecule is CC(C)(C)[C@H](NC(=O)C(F)(F)F)C(=O)N1C[C@H]2[C@@H]([C@H]1C(=O)NC(C#N)c1ccc3scnc3c1)C2(C)C. The van der Waals surface area contributed by atoms with Gasteiger partial charge < -0.3 is 15.5 Å². The lowest BCUT2D eigenvalue weighted by Crippen LogP contribution is -2.60. The van der Waals surface area contributed by atoms with E-state index in [1.54, 1.807) is 38.4 Å². The molecule has 5 atom stereocenters. The van der Waals surface area contributed by atoms with Gasteiger partial charge in [0.2, 0.25) is 11.8 Å². The van der Waals surface area contributed by atoms with E-state index in [0.29, 0.717) is 11.1 Å². The van der Waals surface area contributed by atoms with Crippen molar-refractivity contribution in [2.75, 3.05) is 6.54 Å². The molecular formula is C25H28F3N5O3S. The number of nitrogens with one attached hydrogen (secondary N) is 2. The first-order valence-electron chi connectivity index (χ1n) is 11.8. The number of alkyl halides is 3. The van der Waals surface area contributed by atoms with Crippen molar-refractivity contribution in [2.24, 2.45) is 22.7 Å². The fourth-order valence-corrected chi connectivity index (χ4v) is 5.97. The third kappa shape index (κ3) is 4.89. The molecule has 0 bridgehead atoms. The van der Waals surface area contributed by atoms with Crippen molar-refractivity contribution < 1.29 is 27.6 Å². The Hall–Kier alpha value is -3.20. The second-order valence-electron chi connectivity index (χ2n) is 11.3. The van der Waals surface area contributed by atoms with Gasteiger partial charge in [0.15, 0.2) is 0 Å². The molecule has 2 aliphatic rings. The fourth-order valence-electron chi connectivity index (χ4n) is 5.31. The van der Waals surface area contributed by atoms with E-state index in [9.17, 15) is 32.8 Å². The Morgan fingerprint density at radius 3 is 2.49 bits per heavy atom. The molecule has 37 heavy (non-hydrogen) atoms. The van der Waals surface area contributed by atoms with Crippen molar-refractivity contribution in [1.29, 1.82) is 5.26 Å². The summed E-state index contributed by atoms with van der Waals surface area (Å²) in [4.78, 5) is 44.4. The molecule has 4 rings (SSSR count). The highest BCUT2D eigenvalue weighted by Crippen LogP contribution is 2.65. The second kappa shape index (κ2) is 8.97. The van der Waals surface area contributed by atoms with E-state index in [0.717, 1.165) is 4.70 Å². The first-order valence-corrected chi connectivity index (χ1v) is 12.7. The molecular weight excluding hydrogens is 507 g/mol. The summed E-state index contributed by atoms with van der Waals surface area (Å²) in [6.07, 6.45) is -5.16. The maximum Gasteiger partial charge on any atom is 0.471 e. The Morgan fingerprint density at radius 1 is 1.22 bits per heavy atom. The molecule has 0 spiro atoms. The van der Waals surface area contributed by atoms with E-state index in [1.165, 1.54) is 16.2 Å². The molecule has 1 aliphatic heterocycles. The van der Waals surface area contributed by atoms with Gasteiger partial charge in [-0.3, -0.25) is 14.4 Å². The van der Waals surface area contributed by atoms with E-state index in [1.807, 2.05) is 25.2 Å². The van der Waals surface area contributed by atoms with Gasteiger partial charge in [0.1, 0.15) is 18.1 Å². The van der Waals surface area contributed by atoms with Crippen LogP contribution in [0.5, 0.6) is 0 Å². The second-order valence-corrected chi connectivity index (χ2v) is 12.2. The Labute approximate surface area is 216 Å². The number of rotatable bonds is 5. The average molecular weight is 536 g/mol. The summed E-state index contributed by atoms with van der Waals surface area (Å²) in [6, 6.07) is 3.81. The van der Waals surface area contributed by atoms with Gasteiger partial charge in [-0.25, -0.2) is 4.98 Å². The molecule has 0 radical (unpaired) electrons. The fraction of sp³-hybridized carbons (Fsp3) is 0.560. The monoisotopic (exact) mass is 535 g/mol. The number of piperidine rings is 1. The van der Waals surface area contributed by atoms with Gasteiger partial charge in [0.05, 0.1) is 21.8 Å². The highest BCUT2D eigenvalue weighted by Gasteiger charge is 2.70. The zero-order valence-electron chi connectivity index (χ0n) is 21.0. The van der Waals surface area contributed by atoms with E-state index < -0.39 is 47.4 Å². The summed E-state index contributed by atoms with van der Waals surface area (Å²) in [5, 5.41) is 14.4. The van der Waals surface area contributed by atoms with Crippen LogP contribution in [0.1, 0.15) is 46.2 Å². The molecule has 1 aliphatic carbocycles. The Morgan fingerprint density at radius 2 is 1.89 bits per heavy atom. The van der Waals surface area contributed by atoms with Crippen LogP contribution in [-0.2, 0) is 14.4 Å². The quantitative estimate of drug-likeness (QED) is 0.608. The van der Waals surface area contributed by atoms with Crippen molar-refractivity contribution in [3.05, 3.63) is 29.3 Å². The number of hydrogen-bond donors (Lipinski definition) is 2. The summed E-state index contributed by atoms with van der Waals surface area (Å²) >= 11 is 1.44. The summed E-state index contributed by atoms with van der Waals surface area (Å²) in [5.41, 5.74) is 1.58. The number of thiazole rings is 1. The summed E-state index contributed by atoms with van der Waals surface area (Å²) in [5.74, 6) is -3.79. The van der Waals surface area contributed by atoms with Gasteiger partial charge in [-0.05, 0) is 40.4 Å². The molecule has 1 saturated carbocycles. The van der Waals surface area contributed by atoms with E-state index in [4.69, 9.17) is 0 Å². The molecule has 2 fully saturated rings. The number of nitriles is 1. The van der Waals surface area contributed by atoms with Crippen LogP contribution in [0.15, 0.2) is 23.7 Å². The molecule has 1 saturated heterocycles. The average Bonchev–Trinajstić information content (AvgIpc) is 3.21. The van der Waals surface area contributed by atoms with Crippen LogP contribution in [0.3, 0.4) is 0 Å². The number of likely N-dealkylation sites (tertiary alicyclic amines) is 1. The van der Waals surface area contributed by atoms with Crippen LogP contribution in [0.25, 0.3) is 10.2 Å². The van der Waals surface area contributed by atoms with E-state index in [-0.39, 0.29) is 23.8 Å². The minimum atomic E-state index is -5.16. The normalized spacial score (nSPS) is 24.1. The van der Waals surface area contributed by atoms with Gasteiger partial charge in [-0.2, -0.15) is 18.4 Å². The lowest BCUT2D eigenvalue weighted by Gasteiger charge is -2.37. The van der Waals surface area contributed by atoms with E-state index >= 15 is 0 Å². The number of fused-ring (bicyclic) bond motifs is 2. The predicted molar refractivity (Wildman–Crippen MR) is 130 cm³/mol. The Bertz CT molecular complexity index is 1290. The maximum atomic E-state index is 13.6. The number of benzene rings is 1. The molecule has 1 unspecified atom stereocenters. The summed E-state index contributed by atoms with van der Waals surface area (Å²) < 4.78 is 39.9. The van der Waals surface area contributed by atoms with Crippen molar-refractivity contribution in [3.8, 4) is 6.07 Å². The lowest BCUT2D eigenvalue weighted by molar-refractivity contribution is -0.176.